The fraction of sp³-hybridized carbons (Fsp3) is 0.435. The Morgan fingerprint density at radius 1 is 1.23 bits per heavy atom. The van der Waals surface area contributed by atoms with E-state index in [2.05, 4.69) is 0 Å². The second kappa shape index (κ2) is 10.3. The number of hydrogen-bond acceptors (Lipinski definition) is 7. The number of phenols is 1. The normalized spacial score (nSPS) is 21.0. The number of carbonyl (C=O) groups is 3. The number of esters is 1. The average Bonchev–Trinajstić information content (AvgIpc) is 3.17. The number of ether oxygens (including phenoxy) is 1. The van der Waals surface area contributed by atoms with Crippen LogP contribution in [0.1, 0.15) is 42.5 Å². The molecule has 2 aliphatic rings. The van der Waals surface area contributed by atoms with Crippen LogP contribution in [0.4, 0.5) is 0 Å². The Labute approximate surface area is 181 Å². The Balaban J connectivity index is 1.59. The zero-order chi connectivity index (χ0) is 22.4. The number of fused-ring (bicyclic) bond motifs is 1. The van der Waals surface area contributed by atoms with Gasteiger partial charge in [-0.3, -0.25) is 9.59 Å². The highest BCUT2D eigenvalue weighted by Gasteiger charge is 2.36. The molecule has 0 aromatic heterocycles. The number of nitrogens with zero attached hydrogens (tertiary/aromatic N) is 1. The van der Waals surface area contributed by atoms with E-state index in [9.17, 15) is 19.5 Å². The number of rotatable bonds is 10. The quantitative estimate of drug-likeness (QED) is 0.294. The van der Waals surface area contributed by atoms with Crippen molar-refractivity contribution < 1.29 is 29.3 Å². The largest absolute Gasteiger partial charge is 0.507 e. The maximum absolute atomic E-state index is 12.3. The summed E-state index contributed by atoms with van der Waals surface area (Å²) in [7, 11) is 0. The Morgan fingerprint density at radius 2 is 2.00 bits per heavy atom. The minimum atomic E-state index is -1.00. The number of carbonyl (C=O) groups excluding carboxylic acids is 2. The van der Waals surface area contributed by atoms with Crippen molar-refractivity contribution in [1.29, 1.82) is 0 Å². The van der Waals surface area contributed by atoms with Crippen LogP contribution >= 0.6 is 0 Å². The standard InChI is InChI=1S/C23H28N2O6/c24-20(22(28)29)6-3-4-10-25-11-16(13-26)17-9-8-15(19(17)12-25)14-31-23(30)18-5-1-2-7-21(18)27/h1-2,5,7,11-13,15,17,20,27H,3-4,6,8-10,14,24H2,(H,28,29). The lowest BCUT2D eigenvalue weighted by atomic mass is 9.90. The van der Waals surface area contributed by atoms with Gasteiger partial charge in [-0.15, -0.1) is 0 Å². The summed E-state index contributed by atoms with van der Waals surface area (Å²) in [6.45, 7) is 0.827. The second-order valence-electron chi connectivity index (χ2n) is 8.00. The number of nitrogens with two attached hydrogens (primary N) is 1. The van der Waals surface area contributed by atoms with E-state index < -0.39 is 18.0 Å². The highest BCUT2D eigenvalue weighted by molar-refractivity contribution is 5.92. The number of unbranched alkanes of at least 4 members (excludes halogenated alkanes) is 1. The van der Waals surface area contributed by atoms with Gasteiger partial charge in [-0.2, -0.15) is 0 Å². The van der Waals surface area contributed by atoms with Crippen LogP contribution in [-0.2, 0) is 14.3 Å². The number of carboxylic acid groups (broad SMARTS) is 1. The number of carboxylic acids is 1. The highest BCUT2D eigenvalue weighted by atomic mass is 16.5. The van der Waals surface area contributed by atoms with Crippen LogP contribution in [0, 0.1) is 11.8 Å². The van der Waals surface area contributed by atoms with Crippen LogP contribution in [0.5, 0.6) is 5.75 Å². The van der Waals surface area contributed by atoms with Crippen molar-refractivity contribution in [2.75, 3.05) is 13.2 Å². The third kappa shape index (κ3) is 5.52. The molecule has 0 bridgehead atoms. The molecule has 0 radical (unpaired) electrons. The van der Waals surface area contributed by atoms with E-state index in [4.69, 9.17) is 15.6 Å². The van der Waals surface area contributed by atoms with Crippen LogP contribution in [0.25, 0.3) is 0 Å². The van der Waals surface area contributed by atoms with Gasteiger partial charge >= 0.3 is 11.9 Å². The summed E-state index contributed by atoms with van der Waals surface area (Å²) in [5.41, 5.74) is 7.43. The molecule has 1 aliphatic heterocycles. The predicted octanol–water partition coefficient (Wildman–Crippen LogP) is 2.44. The van der Waals surface area contributed by atoms with Crippen molar-refractivity contribution in [1.82, 2.24) is 4.90 Å². The van der Waals surface area contributed by atoms with Crippen molar-refractivity contribution in [2.24, 2.45) is 17.6 Å². The van der Waals surface area contributed by atoms with Gasteiger partial charge in [-0.25, -0.2) is 4.79 Å². The van der Waals surface area contributed by atoms with Crippen LogP contribution in [0.3, 0.4) is 0 Å². The lowest BCUT2D eigenvalue weighted by Gasteiger charge is -2.28. The molecule has 3 atom stereocenters. The van der Waals surface area contributed by atoms with E-state index in [-0.39, 0.29) is 29.8 Å². The van der Waals surface area contributed by atoms with Crippen molar-refractivity contribution >= 4 is 18.2 Å². The summed E-state index contributed by atoms with van der Waals surface area (Å²) in [5.74, 6) is -1.66. The molecule has 1 fully saturated rings. The molecule has 0 saturated heterocycles. The Morgan fingerprint density at radius 3 is 2.71 bits per heavy atom. The fourth-order valence-corrected chi connectivity index (χ4v) is 4.15. The highest BCUT2D eigenvalue weighted by Crippen LogP contribution is 2.43. The number of aldehydes is 1. The minimum absolute atomic E-state index is 0.00591. The van der Waals surface area contributed by atoms with E-state index >= 15 is 0 Å². The molecule has 1 aliphatic carbocycles. The first kappa shape index (κ1) is 22.6. The van der Waals surface area contributed by atoms with Gasteiger partial charge < -0.3 is 25.6 Å². The third-order valence-corrected chi connectivity index (χ3v) is 5.88. The van der Waals surface area contributed by atoms with Gasteiger partial charge in [-0.1, -0.05) is 12.1 Å². The number of para-hydroxylation sites is 1. The molecule has 0 amide bonds. The minimum Gasteiger partial charge on any atom is -0.507 e. The van der Waals surface area contributed by atoms with Crippen LogP contribution in [-0.4, -0.2) is 52.5 Å². The van der Waals surface area contributed by atoms with E-state index in [0.29, 0.717) is 25.0 Å². The predicted molar refractivity (Wildman–Crippen MR) is 113 cm³/mol. The van der Waals surface area contributed by atoms with Gasteiger partial charge in [0.05, 0.1) is 6.61 Å². The molecule has 3 unspecified atom stereocenters. The van der Waals surface area contributed by atoms with Crippen LogP contribution in [0.15, 0.2) is 47.8 Å². The SMILES string of the molecule is NC(CCCCN1C=C(C=O)C2CCC(COC(=O)c3ccccc3O)C2=C1)C(=O)O. The van der Waals surface area contributed by atoms with Gasteiger partial charge in [0.15, 0.2) is 0 Å². The first-order chi connectivity index (χ1) is 14.9. The first-order valence-electron chi connectivity index (χ1n) is 10.5. The van der Waals surface area contributed by atoms with Crippen molar-refractivity contribution in [3.63, 3.8) is 0 Å². The molecule has 1 heterocycles. The molecule has 4 N–H and O–H groups in total. The Bertz CT molecular complexity index is 894. The first-order valence-corrected chi connectivity index (χ1v) is 10.5. The van der Waals surface area contributed by atoms with Crippen LogP contribution < -0.4 is 5.73 Å². The lowest BCUT2D eigenvalue weighted by molar-refractivity contribution is -0.138. The smallest absolute Gasteiger partial charge is 0.341 e. The molecule has 3 rings (SSSR count). The van der Waals surface area contributed by atoms with E-state index in [1.54, 1.807) is 12.1 Å². The molecule has 166 valence electrons. The molecule has 1 aromatic carbocycles. The topological polar surface area (TPSA) is 130 Å². The number of phenolic OH excluding ortho intramolecular Hbond substituents is 1. The number of allylic oxidation sites excluding steroid dienone is 1. The summed E-state index contributed by atoms with van der Waals surface area (Å²) in [6, 6.07) is 5.39. The number of aliphatic carboxylic acids is 1. The second-order valence-corrected chi connectivity index (χ2v) is 8.00. The molecule has 1 aromatic rings. The maximum Gasteiger partial charge on any atom is 0.341 e. The summed E-state index contributed by atoms with van der Waals surface area (Å²) in [4.78, 5) is 36.7. The average molecular weight is 428 g/mol. The Kier molecular flexibility index (Phi) is 7.46. The van der Waals surface area contributed by atoms with Gasteiger partial charge in [0, 0.05) is 36.4 Å². The van der Waals surface area contributed by atoms with Crippen molar-refractivity contribution in [3.05, 3.63) is 53.4 Å². The molecular weight excluding hydrogens is 400 g/mol. The van der Waals surface area contributed by atoms with Gasteiger partial charge in [0.25, 0.3) is 0 Å². The van der Waals surface area contributed by atoms with Crippen molar-refractivity contribution in [3.8, 4) is 5.75 Å². The summed E-state index contributed by atoms with van der Waals surface area (Å²) < 4.78 is 5.46. The zero-order valence-electron chi connectivity index (χ0n) is 17.3. The van der Waals surface area contributed by atoms with Gasteiger partial charge in [0.1, 0.15) is 23.6 Å². The van der Waals surface area contributed by atoms with E-state index in [0.717, 1.165) is 31.1 Å². The molecule has 1 saturated carbocycles. The summed E-state index contributed by atoms with van der Waals surface area (Å²) in [6.07, 6.45) is 8.16. The van der Waals surface area contributed by atoms with Crippen molar-refractivity contribution in [2.45, 2.75) is 38.1 Å². The number of aromatic hydroxyl groups is 1. The Hall–Kier alpha value is -3.13. The third-order valence-electron chi connectivity index (χ3n) is 5.88. The molecule has 8 heteroatoms. The van der Waals surface area contributed by atoms with Gasteiger partial charge in [0.2, 0.25) is 0 Å². The molecule has 8 nitrogen and oxygen atoms in total. The van der Waals surface area contributed by atoms with E-state index in [1.807, 2.05) is 17.3 Å². The lowest BCUT2D eigenvalue weighted by Crippen LogP contribution is -2.30. The molecule has 0 spiro atoms. The summed E-state index contributed by atoms with van der Waals surface area (Å²) in [5, 5.41) is 18.7. The fourth-order valence-electron chi connectivity index (χ4n) is 4.15. The maximum atomic E-state index is 12.3. The number of benzene rings is 1. The monoisotopic (exact) mass is 428 g/mol. The summed E-state index contributed by atoms with van der Waals surface area (Å²) >= 11 is 0. The van der Waals surface area contributed by atoms with Crippen LogP contribution in [0.2, 0.25) is 0 Å². The molecule has 31 heavy (non-hydrogen) atoms. The van der Waals surface area contributed by atoms with Gasteiger partial charge in [-0.05, 0) is 49.8 Å². The zero-order valence-corrected chi connectivity index (χ0v) is 17.3. The molecular formula is C23H28N2O6. The number of hydrogen-bond donors (Lipinski definition) is 3. The van der Waals surface area contributed by atoms with E-state index in [1.165, 1.54) is 12.1 Å².